The molecule has 0 radical (unpaired) electrons. The van der Waals surface area contributed by atoms with Crippen LogP contribution in [0.1, 0.15) is 40.5 Å². The SMILES string of the molecule is CCCC(CNC(C)C)Oc1cccc(OCC)c1. The highest BCUT2D eigenvalue weighted by Gasteiger charge is 2.10. The van der Waals surface area contributed by atoms with Crippen LogP contribution in [0, 0.1) is 0 Å². The van der Waals surface area contributed by atoms with Gasteiger partial charge in [-0.3, -0.25) is 0 Å². The van der Waals surface area contributed by atoms with E-state index in [1.54, 1.807) is 0 Å². The molecule has 0 saturated carbocycles. The van der Waals surface area contributed by atoms with Crippen LogP contribution in [0.3, 0.4) is 0 Å². The average molecular weight is 265 g/mol. The van der Waals surface area contributed by atoms with E-state index >= 15 is 0 Å². The van der Waals surface area contributed by atoms with Crippen LogP contribution in [0.5, 0.6) is 11.5 Å². The molecule has 0 aliphatic carbocycles. The smallest absolute Gasteiger partial charge is 0.123 e. The van der Waals surface area contributed by atoms with E-state index in [0.717, 1.165) is 30.9 Å². The number of hydrogen-bond donors (Lipinski definition) is 1. The van der Waals surface area contributed by atoms with Crippen molar-refractivity contribution in [1.82, 2.24) is 5.32 Å². The van der Waals surface area contributed by atoms with Crippen molar-refractivity contribution in [2.24, 2.45) is 0 Å². The molecule has 108 valence electrons. The first-order valence-electron chi connectivity index (χ1n) is 7.28. The molecule has 1 aromatic carbocycles. The fourth-order valence-corrected chi connectivity index (χ4v) is 1.89. The molecule has 1 aromatic rings. The predicted octanol–water partition coefficient (Wildman–Crippen LogP) is 3.63. The number of nitrogens with one attached hydrogen (secondary N) is 1. The highest BCUT2D eigenvalue weighted by atomic mass is 16.5. The maximum absolute atomic E-state index is 6.05. The normalized spacial score (nSPS) is 12.5. The van der Waals surface area contributed by atoms with Crippen LogP contribution < -0.4 is 14.8 Å². The van der Waals surface area contributed by atoms with Gasteiger partial charge in [0, 0.05) is 18.7 Å². The lowest BCUT2D eigenvalue weighted by Gasteiger charge is -2.21. The summed E-state index contributed by atoms with van der Waals surface area (Å²) < 4.78 is 11.5. The van der Waals surface area contributed by atoms with E-state index in [1.807, 2.05) is 31.2 Å². The molecular weight excluding hydrogens is 238 g/mol. The first-order chi connectivity index (χ1) is 9.15. The summed E-state index contributed by atoms with van der Waals surface area (Å²) >= 11 is 0. The molecule has 3 nitrogen and oxygen atoms in total. The largest absolute Gasteiger partial charge is 0.494 e. The molecule has 0 spiro atoms. The molecule has 0 heterocycles. The van der Waals surface area contributed by atoms with Gasteiger partial charge in [-0.15, -0.1) is 0 Å². The monoisotopic (exact) mass is 265 g/mol. The van der Waals surface area contributed by atoms with Crippen LogP contribution in [0.15, 0.2) is 24.3 Å². The topological polar surface area (TPSA) is 30.5 Å². The van der Waals surface area contributed by atoms with Crippen LogP contribution in [-0.4, -0.2) is 25.3 Å². The Morgan fingerprint density at radius 3 is 2.53 bits per heavy atom. The summed E-state index contributed by atoms with van der Waals surface area (Å²) in [5.41, 5.74) is 0. The second-order valence-corrected chi connectivity index (χ2v) is 5.00. The maximum Gasteiger partial charge on any atom is 0.123 e. The Morgan fingerprint density at radius 2 is 1.89 bits per heavy atom. The maximum atomic E-state index is 6.05. The fraction of sp³-hybridized carbons (Fsp3) is 0.625. The van der Waals surface area contributed by atoms with Crippen molar-refractivity contribution in [1.29, 1.82) is 0 Å². The lowest BCUT2D eigenvalue weighted by atomic mass is 10.2. The highest BCUT2D eigenvalue weighted by Crippen LogP contribution is 2.21. The zero-order valence-electron chi connectivity index (χ0n) is 12.6. The van der Waals surface area contributed by atoms with E-state index in [2.05, 4.69) is 26.1 Å². The molecule has 0 aliphatic heterocycles. The van der Waals surface area contributed by atoms with Gasteiger partial charge in [0.05, 0.1) is 6.61 Å². The highest BCUT2D eigenvalue weighted by molar-refractivity contribution is 5.33. The zero-order chi connectivity index (χ0) is 14.1. The summed E-state index contributed by atoms with van der Waals surface area (Å²) in [5.74, 6) is 1.75. The lowest BCUT2D eigenvalue weighted by molar-refractivity contribution is 0.182. The number of hydrogen-bond acceptors (Lipinski definition) is 3. The summed E-state index contributed by atoms with van der Waals surface area (Å²) in [6.45, 7) is 10.0. The summed E-state index contributed by atoms with van der Waals surface area (Å²) in [6, 6.07) is 8.36. The Labute approximate surface area is 117 Å². The molecule has 1 unspecified atom stereocenters. The van der Waals surface area contributed by atoms with Crippen molar-refractivity contribution in [3.05, 3.63) is 24.3 Å². The third-order valence-corrected chi connectivity index (χ3v) is 2.78. The average Bonchev–Trinajstić information content (AvgIpc) is 2.37. The van der Waals surface area contributed by atoms with Gasteiger partial charge in [0.1, 0.15) is 17.6 Å². The second-order valence-electron chi connectivity index (χ2n) is 5.00. The first kappa shape index (κ1) is 15.8. The van der Waals surface area contributed by atoms with Crippen molar-refractivity contribution in [2.75, 3.05) is 13.2 Å². The Hall–Kier alpha value is -1.22. The van der Waals surface area contributed by atoms with Crippen LogP contribution in [0.2, 0.25) is 0 Å². The van der Waals surface area contributed by atoms with Crippen molar-refractivity contribution in [3.63, 3.8) is 0 Å². The standard InChI is InChI=1S/C16H27NO2/c1-5-8-16(12-17-13(3)4)19-15-10-7-9-14(11-15)18-6-2/h7,9-11,13,16-17H,5-6,8,12H2,1-4H3. The van der Waals surface area contributed by atoms with Gasteiger partial charge in [0.2, 0.25) is 0 Å². The van der Waals surface area contributed by atoms with Crippen LogP contribution in [0.25, 0.3) is 0 Å². The van der Waals surface area contributed by atoms with Gasteiger partial charge >= 0.3 is 0 Å². The van der Waals surface area contributed by atoms with Crippen LogP contribution >= 0.6 is 0 Å². The van der Waals surface area contributed by atoms with Crippen LogP contribution in [-0.2, 0) is 0 Å². The van der Waals surface area contributed by atoms with E-state index in [1.165, 1.54) is 0 Å². The van der Waals surface area contributed by atoms with Gasteiger partial charge in [0.15, 0.2) is 0 Å². The van der Waals surface area contributed by atoms with Gasteiger partial charge in [-0.2, -0.15) is 0 Å². The van der Waals surface area contributed by atoms with Gasteiger partial charge in [-0.1, -0.05) is 33.3 Å². The molecule has 0 aromatic heterocycles. The molecule has 0 saturated heterocycles. The lowest BCUT2D eigenvalue weighted by Crippen LogP contribution is -2.35. The predicted molar refractivity (Wildman–Crippen MR) is 80.1 cm³/mol. The van der Waals surface area contributed by atoms with Crippen molar-refractivity contribution < 1.29 is 9.47 Å². The molecule has 0 bridgehead atoms. The Morgan fingerprint density at radius 1 is 1.16 bits per heavy atom. The molecule has 1 atom stereocenters. The van der Waals surface area contributed by atoms with Crippen molar-refractivity contribution in [2.45, 2.75) is 52.7 Å². The number of ether oxygens (including phenoxy) is 2. The quantitative estimate of drug-likeness (QED) is 0.739. The summed E-state index contributed by atoms with van der Waals surface area (Å²) in [6.07, 6.45) is 2.39. The van der Waals surface area contributed by atoms with E-state index in [0.29, 0.717) is 12.6 Å². The molecule has 1 rings (SSSR count). The van der Waals surface area contributed by atoms with Gasteiger partial charge in [-0.05, 0) is 25.5 Å². The van der Waals surface area contributed by atoms with Gasteiger partial charge in [-0.25, -0.2) is 0 Å². The molecule has 0 aliphatic rings. The minimum absolute atomic E-state index is 0.212. The van der Waals surface area contributed by atoms with E-state index < -0.39 is 0 Å². The Kier molecular flexibility index (Phi) is 7.34. The second kappa shape index (κ2) is 8.81. The van der Waals surface area contributed by atoms with Gasteiger partial charge in [0.25, 0.3) is 0 Å². The summed E-state index contributed by atoms with van der Waals surface area (Å²) in [7, 11) is 0. The molecular formula is C16H27NO2. The molecule has 0 amide bonds. The van der Waals surface area contributed by atoms with E-state index in [4.69, 9.17) is 9.47 Å². The summed E-state index contributed by atoms with van der Waals surface area (Å²) in [4.78, 5) is 0. The van der Waals surface area contributed by atoms with Crippen molar-refractivity contribution in [3.8, 4) is 11.5 Å². The molecule has 19 heavy (non-hydrogen) atoms. The minimum Gasteiger partial charge on any atom is -0.494 e. The minimum atomic E-state index is 0.212. The molecule has 1 N–H and O–H groups in total. The number of rotatable bonds is 9. The van der Waals surface area contributed by atoms with E-state index in [9.17, 15) is 0 Å². The first-order valence-corrected chi connectivity index (χ1v) is 7.28. The third kappa shape index (κ3) is 6.48. The zero-order valence-corrected chi connectivity index (χ0v) is 12.6. The Bertz CT molecular complexity index is 352. The number of benzene rings is 1. The fourth-order valence-electron chi connectivity index (χ4n) is 1.89. The van der Waals surface area contributed by atoms with Crippen molar-refractivity contribution >= 4 is 0 Å². The van der Waals surface area contributed by atoms with Crippen LogP contribution in [0.4, 0.5) is 0 Å². The van der Waals surface area contributed by atoms with Gasteiger partial charge < -0.3 is 14.8 Å². The van der Waals surface area contributed by atoms with E-state index in [-0.39, 0.29) is 6.10 Å². The summed E-state index contributed by atoms with van der Waals surface area (Å²) in [5, 5.41) is 3.43. The molecule has 3 heteroatoms. The third-order valence-electron chi connectivity index (χ3n) is 2.78. The Balaban J connectivity index is 2.59. The molecule has 0 fully saturated rings.